The van der Waals surface area contributed by atoms with Crippen molar-refractivity contribution in [3.63, 3.8) is 0 Å². The molecule has 1 amide bonds. The van der Waals surface area contributed by atoms with Gasteiger partial charge in [-0.15, -0.1) is 0 Å². The summed E-state index contributed by atoms with van der Waals surface area (Å²) < 4.78 is 0. The zero-order valence-corrected chi connectivity index (χ0v) is 20.5. The van der Waals surface area contributed by atoms with Crippen LogP contribution in [0.25, 0.3) is 0 Å². The highest BCUT2D eigenvalue weighted by molar-refractivity contribution is 5.76. The van der Waals surface area contributed by atoms with E-state index in [9.17, 15) is 4.79 Å². The number of carbonyl (C=O) groups is 1. The minimum atomic E-state index is 0.225. The number of nitrogens with one attached hydrogen (secondary N) is 1. The van der Waals surface area contributed by atoms with E-state index in [-0.39, 0.29) is 11.3 Å². The summed E-state index contributed by atoms with van der Waals surface area (Å²) in [5.74, 6) is 4.64. The second-order valence-electron chi connectivity index (χ2n) is 12.1. The van der Waals surface area contributed by atoms with E-state index in [1.54, 1.807) is 0 Å². The summed E-state index contributed by atoms with van der Waals surface area (Å²) in [5, 5.41) is 3.37. The number of hydrogen-bond donors (Lipinski definition) is 1. The molecule has 3 saturated carbocycles. The van der Waals surface area contributed by atoms with Crippen LogP contribution in [-0.2, 0) is 11.2 Å². The number of carbonyl (C=O) groups excluding carboxylic acids is 1. The molecule has 2 heteroatoms. The van der Waals surface area contributed by atoms with Gasteiger partial charge in [-0.25, -0.2) is 0 Å². The van der Waals surface area contributed by atoms with E-state index in [0.29, 0.717) is 11.8 Å². The molecule has 0 aliphatic heterocycles. The van der Waals surface area contributed by atoms with Crippen LogP contribution in [0.1, 0.15) is 91.0 Å². The van der Waals surface area contributed by atoms with Crippen molar-refractivity contribution >= 4 is 5.91 Å². The van der Waals surface area contributed by atoms with Gasteiger partial charge in [-0.05, 0) is 97.3 Å². The van der Waals surface area contributed by atoms with Gasteiger partial charge >= 0.3 is 0 Å². The summed E-state index contributed by atoms with van der Waals surface area (Å²) >= 11 is 0. The predicted molar refractivity (Wildman–Crippen MR) is 130 cm³/mol. The van der Waals surface area contributed by atoms with Gasteiger partial charge in [0.05, 0.1) is 0 Å². The third-order valence-electron chi connectivity index (χ3n) is 9.91. The first kappa shape index (κ1) is 22.9. The van der Waals surface area contributed by atoms with Gasteiger partial charge in [0.25, 0.3) is 0 Å². The highest BCUT2D eigenvalue weighted by Crippen LogP contribution is 2.64. The Morgan fingerprint density at radius 2 is 1.84 bits per heavy atom. The molecule has 4 rings (SSSR count). The fraction of sp³-hybridized carbons (Fsp3) is 0.759. The molecule has 4 unspecified atom stereocenters. The largest absolute Gasteiger partial charge is 0.356 e. The average molecular weight is 424 g/mol. The second-order valence-corrected chi connectivity index (χ2v) is 12.1. The van der Waals surface area contributed by atoms with E-state index in [4.69, 9.17) is 0 Å². The van der Waals surface area contributed by atoms with E-state index in [0.717, 1.165) is 42.6 Å². The quantitative estimate of drug-likeness (QED) is 0.523. The molecule has 3 aliphatic rings. The standard InChI is InChI=1S/C29H45NO/c1-21(2)23-12-14-25-24(19-23)13-15-26-28(3,17-8-18-29(25,26)4)20-30-27(31)16-11-22-9-6-5-7-10-22/h5-7,9-10,21,23-26H,8,11-20H2,1-4H3,(H,30,31)/t23?,24?,25?,26?,28-,29+/m1/s1. The van der Waals surface area contributed by atoms with Crippen LogP contribution in [0.15, 0.2) is 30.3 Å². The topological polar surface area (TPSA) is 29.1 Å². The zero-order valence-electron chi connectivity index (χ0n) is 20.5. The molecule has 0 saturated heterocycles. The molecule has 172 valence electrons. The van der Waals surface area contributed by atoms with Gasteiger partial charge in [0.15, 0.2) is 0 Å². The van der Waals surface area contributed by atoms with Crippen molar-refractivity contribution < 1.29 is 4.79 Å². The first-order valence-electron chi connectivity index (χ1n) is 13.1. The molecule has 0 spiro atoms. The van der Waals surface area contributed by atoms with Gasteiger partial charge in [0.2, 0.25) is 5.91 Å². The SMILES string of the molecule is CC(C)C1CCC2C(CCC3[C@@](C)(CNC(=O)CCc4ccccc4)CCC[C@@]23C)C1. The third kappa shape index (κ3) is 4.74. The number of rotatable bonds is 6. The van der Waals surface area contributed by atoms with Crippen LogP contribution in [-0.4, -0.2) is 12.5 Å². The van der Waals surface area contributed by atoms with Gasteiger partial charge in [0.1, 0.15) is 0 Å². The smallest absolute Gasteiger partial charge is 0.220 e. The van der Waals surface area contributed by atoms with Gasteiger partial charge < -0.3 is 5.32 Å². The van der Waals surface area contributed by atoms with Crippen LogP contribution in [0, 0.1) is 40.4 Å². The predicted octanol–water partition coefficient (Wildman–Crippen LogP) is 7.03. The van der Waals surface area contributed by atoms with Crippen molar-refractivity contribution in [2.75, 3.05) is 6.54 Å². The molecule has 2 nitrogen and oxygen atoms in total. The molecule has 0 bridgehead atoms. The van der Waals surface area contributed by atoms with Crippen LogP contribution < -0.4 is 5.32 Å². The van der Waals surface area contributed by atoms with E-state index >= 15 is 0 Å². The maximum absolute atomic E-state index is 12.7. The molecular formula is C29H45NO. The van der Waals surface area contributed by atoms with E-state index < -0.39 is 0 Å². The van der Waals surface area contributed by atoms with E-state index in [1.165, 1.54) is 56.9 Å². The Labute approximate surface area is 191 Å². The monoisotopic (exact) mass is 423 g/mol. The Bertz CT molecular complexity index is 742. The first-order chi connectivity index (χ1) is 14.8. The van der Waals surface area contributed by atoms with Crippen molar-refractivity contribution in [2.24, 2.45) is 40.4 Å². The zero-order chi connectivity index (χ0) is 22.1. The molecule has 1 aromatic rings. The summed E-state index contributed by atoms with van der Waals surface area (Å²) in [6.07, 6.45) is 12.6. The molecule has 0 radical (unpaired) electrons. The number of aryl methyl sites for hydroxylation is 1. The molecule has 3 aliphatic carbocycles. The van der Waals surface area contributed by atoms with Crippen molar-refractivity contribution in [2.45, 2.75) is 91.9 Å². The molecule has 1 aromatic carbocycles. The number of fused-ring (bicyclic) bond motifs is 3. The molecule has 1 N–H and O–H groups in total. The lowest BCUT2D eigenvalue weighted by Crippen LogP contribution is -2.56. The fourth-order valence-electron chi connectivity index (χ4n) is 8.12. The maximum Gasteiger partial charge on any atom is 0.220 e. The Kier molecular flexibility index (Phi) is 6.85. The van der Waals surface area contributed by atoms with E-state index in [2.05, 4.69) is 57.3 Å². The highest BCUT2D eigenvalue weighted by Gasteiger charge is 2.56. The first-order valence-corrected chi connectivity index (χ1v) is 13.1. The summed E-state index contributed by atoms with van der Waals surface area (Å²) in [7, 11) is 0. The molecular weight excluding hydrogens is 378 g/mol. The number of hydrogen-bond acceptors (Lipinski definition) is 1. The molecule has 0 aromatic heterocycles. The summed E-state index contributed by atoms with van der Waals surface area (Å²) in [5.41, 5.74) is 1.99. The minimum absolute atomic E-state index is 0.225. The van der Waals surface area contributed by atoms with Crippen molar-refractivity contribution in [1.82, 2.24) is 5.32 Å². The third-order valence-corrected chi connectivity index (χ3v) is 9.91. The normalized spacial score (nSPS) is 37.7. The average Bonchev–Trinajstić information content (AvgIpc) is 2.76. The van der Waals surface area contributed by atoms with Gasteiger partial charge in [-0.2, -0.15) is 0 Å². The van der Waals surface area contributed by atoms with Gasteiger partial charge in [-0.3, -0.25) is 4.79 Å². The lowest BCUT2D eigenvalue weighted by atomic mass is 9.43. The summed E-state index contributed by atoms with van der Waals surface area (Å²) in [6.45, 7) is 10.9. The Morgan fingerprint density at radius 3 is 2.58 bits per heavy atom. The van der Waals surface area contributed by atoms with Gasteiger partial charge in [0, 0.05) is 13.0 Å². The number of benzene rings is 1. The lowest BCUT2D eigenvalue weighted by molar-refractivity contribution is -0.130. The van der Waals surface area contributed by atoms with Crippen LogP contribution >= 0.6 is 0 Å². The molecule has 3 fully saturated rings. The Balaban J connectivity index is 1.37. The minimum Gasteiger partial charge on any atom is -0.356 e. The van der Waals surface area contributed by atoms with Crippen molar-refractivity contribution in [3.8, 4) is 0 Å². The molecule has 31 heavy (non-hydrogen) atoms. The van der Waals surface area contributed by atoms with Crippen LogP contribution in [0.2, 0.25) is 0 Å². The Hall–Kier alpha value is -1.31. The number of amides is 1. The fourth-order valence-corrected chi connectivity index (χ4v) is 8.12. The van der Waals surface area contributed by atoms with Crippen LogP contribution in [0.5, 0.6) is 0 Å². The maximum atomic E-state index is 12.7. The van der Waals surface area contributed by atoms with Crippen LogP contribution in [0.4, 0.5) is 0 Å². The molecule has 6 atom stereocenters. The lowest BCUT2D eigenvalue weighted by Gasteiger charge is -2.62. The molecule has 0 heterocycles. The highest BCUT2D eigenvalue weighted by atomic mass is 16.1. The second kappa shape index (κ2) is 9.28. The van der Waals surface area contributed by atoms with Crippen molar-refractivity contribution in [1.29, 1.82) is 0 Å². The van der Waals surface area contributed by atoms with E-state index in [1.807, 2.05) is 6.07 Å². The summed E-state index contributed by atoms with van der Waals surface area (Å²) in [4.78, 5) is 12.7. The summed E-state index contributed by atoms with van der Waals surface area (Å²) in [6, 6.07) is 10.4. The Morgan fingerprint density at radius 1 is 1.06 bits per heavy atom. The van der Waals surface area contributed by atoms with Gasteiger partial charge in [-0.1, -0.05) is 64.4 Å². The van der Waals surface area contributed by atoms with Crippen molar-refractivity contribution in [3.05, 3.63) is 35.9 Å². The van der Waals surface area contributed by atoms with Crippen LogP contribution in [0.3, 0.4) is 0 Å².